The van der Waals surface area contributed by atoms with Gasteiger partial charge in [-0.05, 0) is 43.0 Å². The Hall–Kier alpha value is -4.32. The molecule has 1 atom stereocenters. The normalized spacial score (nSPS) is 18.9. The van der Waals surface area contributed by atoms with Gasteiger partial charge in [-0.25, -0.2) is 14.9 Å². The van der Waals surface area contributed by atoms with Crippen molar-refractivity contribution in [2.45, 2.75) is 49.5 Å². The summed E-state index contributed by atoms with van der Waals surface area (Å²) in [6, 6.07) is 5.90. The lowest BCUT2D eigenvalue weighted by molar-refractivity contribution is -0.134. The fourth-order valence-electron chi connectivity index (χ4n) is 6.87. The van der Waals surface area contributed by atoms with Gasteiger partial charge in [0.15, 0.2) is 5.65 Å². The van der Waals surface area contributed by atoms with E-state index in [1.54, 1.807) is 72.6 Å². The van der Waals surface area contributed by atoms with Crippen LogP contribution in [-0.2, 0) is 9.59 Å². The third-order valence-corrected chi connectivity index (χ3v) is 10.7. The molecule has 0 saturated carbocycles. The molecule has 3 aromatic rings. The number of fused-ring (bicyclic) bond motifs is 1. The summed E-state index contributed by atoms with van der Waals surface area (Å²) in [5.41, 5.74) is 4.61. The van der Waals surface area contributed by atoms with Crippen LogP contribution in [0, 0.1) is 5.92 Å². The molecule has 2 aromatic heterocycles. The second-order valence-corrected chi connectivity index (χ2v) is 15.8. The molecule has 0 bridgehead atoms. The van der Waals surface area contributed by atoms with E-state index in [1.165, 1.54) is 16.8 Å². The summed E-state index contributed by atoms with van der Waals surface area (Å²) in [5.74, 6) is -0.0176. The van der Waals surface area contributed by atoms with Gasteiger partial charge >= 0.3 is 6.61 Å². The highest BCUT2D eigenvalue weighted by atomic mass is 32.2. The van der Waals surface area contributed by atoms with E-state index in [4.69, 9.17) is 4.74 Å². The van der Waals surface area contributed by atoms with E-state index in [0.717, 1.165) is 50.5 Å². The molecule has 53 heavy (non-hydrogen) atoms. The van der Waals surface area contributed by atoms with Gasteiger partial charge in [0, 0.05) is 94.2 Å². The van der Waals surface area contributed by atoms with Crippen molar-refractivity contribution in [3.63, 3.8) is 0 Å². The van der Waals surface area contributed by atoms with Crippen LogP contribution in [0.2, 0.25) is 0 Å². The molecule has 3 amide bonds. The van der Waals surface area contributed by atoms with Crippen LogP contribution in [0.3, 0.4) is 0 Å². The van der Waals surface area contributed by atoms with Gasteiger partial charge in [0.1, 0.15) is 17.9 Å². The summed E-state index contributed by atoms with van der Waals surface area (Å²) in [4.78, 5) is 52.6. The first-order valence-electron chi connectivity index (χ1n) is 18.0. The molecule has 14 nitrogen and oxygen atoms in total. The largest absolute Gasteiger partial charge is 0.434 e. The molecule has 2 saturated heterocycles. The molecule has 2 fully saturated rings. The molecule has 3 aliphatic heterocycles. The van der Waals surface area contributed by atoms with E-state index in [1.807, 2.05) is 18.7 Å². The Morgan fingerprint density at radius 3 is 2.49 bits per heavy atom. The van der Waals surface area contributed by atoms with Crippen molar-refractivity contribution >= 4 is 35.1 Å². The number of amides is 3. The number of likely N-dealkylation sites (N-methyl/N-ethyl adjacent to an activating group) is 1. The number of piperazine rings is 1. The Morgan fingerprint density at radius 2 is 1.79 bits per heavy atom. The first-order chi connectivity index (χ1) is 25.4. The van der Waals surface area contributed by atoms with Crippen molar-refractivity contribution < 1.29 is 27.9 Å². The van der Waals surface area contributed by atoms with Crippen LogP contribution >= 0.6 is 11.8 Å². The Morgan fingerprint density at radius 1 is 1.06 bits per heavy atom. The minimum atomic E-state index is -3.06. The average Bonchev–Trinajstić information content (AvgIpc) is 3.73. The summed E-state index contributed by atoms with van der Waals surface area (Å²) in [6.07, 6.45) is 8.07. The van der Waals surface area contributed by atoms with E-state index >= 15 is 0 Å². The molecule has 0 spiro atoms. The maximum Gasteiger partial charge on any atom is 0.387 e. The van der Waals surface area contributed by atoms with Crippen LogP contribution in [0.4, 0.5) is 8.78 Å². The van der Waals surface area contributed by atoms with Gasteiger partial charge in [-0.15, -0.1) is 11.8 Å². The summed E-state index contributed by atoms with van der Waals surface area (Å²) in [7, 11) is 3.56. The maximum atomic E-state index is 13.7. The number of rotatable bonds is 13. The minimum absolute atomic E-state index is 0.0299. The number of hydrazine groups is 1. The van der Waals surface area contributed by atoms with Crippen LogP contribution < -0.4 is 15.5 Å². The Bertz CT molecular complexity index is 1790. The number of hydrogen-bond acceptors (Lipinski definition) is 11. The quantitative estimate of drug-likeness (QED) is 0.250. The van der Waals surface area contributed by atoms with Crippen molar-refractivity contribution in [1.82, 2.24) is 49.9 Å². The number of likely N-dealkylation sites (tertiary alicyclic amines) is 1. The number of nitrogens with zero attached hydrogens (tertiary/aromatic N) is 8. The van der Waals surface area contributed by atoms with Crippen LogP contribution in [0.1, 0.15) is 48.7 Å². The van der Waals surface area contributed by atoms with Crippen LogP contribution in [-0.4, -0.2) is 142 Å². The number of hydrogen-bond donors (Lipinski definition) is 2. The van der Waals surface area contributed by atoms with E-state index in [9.17, 15) is 23.2 Å². The number of halogens is 2. The lowest BCUT2D eigenvalue weighted by atomic mass is 9.96. The van der Waals surface area contributed by atoms with Crippen LogP contribution in [0.15, 0.2) is 59.6 Å². The smallest absolute Gasteiger partial charge is 0.387 e. The number of ether oxygens (including phenoxy) is 1. The molecule has 6 rings (SSSR count). The predicted octanol–water partition coefficient (Wildman–Crippen LogP) is 2.91. The monoisotopic (exact) mass is 754 g/mol. The van der Waals surface area contributed by atoms with Crippen LogP contribution in [0.25, 0.3) is 5.65 Å². The van der Waals surface area contributed by atoms with Crippen LogP contribution in [0.5, 0.6) is 5.75 Å². The van der Waals surface area contributed by atoms with E-state index in [0.29, 0.717) is 42.5 Å². The zero-order valence-electron chi connectivity index (χ0n) is 30.6. The molecular weight excluding hydrogens is 707 g/mol. The van der Waals surface area contributed by atoms with Crippen molar-refractivity contribution in [3.8, 4) is 5.75 Å². The molecule has 286 valence electrons. The molecule has 17 heteroatoms. The standard InChI is InChI=1S/C36H48F2N10O4S/c1-24(2)53-26-6-7-30(52-36(37)38)27(18-26)33-29(41-35(51)28-19-40-48-11-5-10-39-34(28)48)21-47(42-33)23-32(50)46-12-8-25(9-13-46)20-44-14-16-45(17-15-44)22-31(49)43(3)4/h5-7,10-11,18-19,21,24-25,33,36,42H,8-9,12-17,20,22-23H2,1-4H3,(H,41,51). The zero-order valence-corrected chi connectivity index (χ0v) is 31.4. The fraction of sp³-hybridized carbons (Fsp3) is 0.528. The highest BCUT2D eigenvalue weighted by Gasteiger charge is 2.34. The summed E-state index contributed by atoms with van der Waals surface area (Å²) in [6.45, 7) is 7.23. The maximum absolute atomic E-state index is 13.7. The molecule has 0 aliphatic carbocycles. The molecule has 2 N–H and O–H groups in total. The minimum Gasteiger partial charge on any atom is -0.434 e. The lowest BCUT2D eigenvalue weighted by Crippen LogP contribution is -2.51. The van der Waals surface area contributed by atoms with Gasteiger partial charge in [0.25, 0.3) is 5.91 Å². The summed E-state index contributed by atoms with van der Waals surface area (Å²) >= 11 is 1.57. The Kier molecular flexibility index (Phi) is 12.5. The SMILES string of the molecule is CC(C)Sc1ccc(OC(F)F)c(C2NN(CC(=O)N3CCC(CN4CCN(CC(=O)N(C)C)CC4)CC3)C=C2NC(=O)c2cnn3cccnc23)c1. The Balaban J connectivity index is 1.11. The van der Waals surface area contributed by atoms with E-state index in [-0.39, 0.29) is 34.9 Å². The molecular formula is C36H48F2N10O4S. The highest BCUT2D eigenvalue weighted by molar-refractivity contribution is 7.99. The third-order valence-electron chi connectivity index (χ3n) is 9.67. The Labute approximate surface area is 312 Å². The van der Waals surface area contributed by atoms with E-state index < -0.39 is 18.6 Å². The summed E-state index contributed by atoms with van der Waals surface area (Å²) < 4.78 is 33.6. The third kappa shape index (κ3) is 9.82. The number of alkyl halides is 2. The molecule has 1 aromatic carbocycles. The second kappa shape index (κ2) is 17.2. The zero-order chi connectivity index (χ0) is 37.6. The number of benzene rings is 1. The lowest BCUT2D eigenvalue weighted by Gasteiger charge is -2.39. The number of carbonyl (C=O) groups is 3. The fourth-order valence-corrected chi connectivity index (χ4v) is 7.76. The number of piperidine rings is 1. The topological polar surface area (TPSA) is 131 Å². The molecule has 1 unspecified atom stereocenters. The number of thioether (sulfide) groups is 1. The summed E-state index contributed by atoms with van der Waals surface area (Å²) in [5, 5.41) is 8.97. The number of aromatic nitrogens is 3. The van der Waals surface area contributed by atoms with E-state index in [2.05, 4.69) is 30.6 Å². The second-order valence-electron chi connectivity index (χ2n) is 14.1. The average molecular weight is 755 g/mol. The van der Waals surface area contributed by atoms with Gasteiger partial charge in [-0.3, -0.25) is 19.3 Å². The van der Waals surface area contributed by atoms with Gasteiger partial charge in [0.2, 0.25) is 11.8 Å². The highest BCUT2D eigenvalue weighted by Crippen LogP contribution is 2.37. The molecule has 3 aliphatic rings. The van der Waals surface area contributed by atoms with Crippen molar-refractivity contribution in [2.24, 2.45) is 5.92 Å². The number of carbonyl (C=O) groups excluding carboxylic acids is 3. The van der Waals surface area contributed by atoms with Gasteiger partial charge in [0.05, 0.1) is 24.5 Å². The first kappa shape index (κ1) is 38.4. The predicted molar refractivity (Wildman–Crippen MR) is 196 cm³/mol. The van der Waals surface area contributed by atoms with Gasteiger partial charge in [-0.1, -0.05) is 13.8 Å². The molecule has 5 heterocycles. The van der Waals surface area contributed by atoms with Crippen molar-refractivity contribution in [1.29, 1.82) is 0 Å². The molecule has 0 radical (unpaired) electrons. The van der Waals surface area contributed by atoms with Crippen molar-refractivity contribution in [2.75, 3.05) is 73.0 Å². The van der Waals surface area contributed by atoms with Crippen molar-refractivity contribution in [3.05, 3.63) is 65.9 Å². The first-order valence-corrected chi connectivity index (χ1v) is 18.8. The number of nitrogens with one attached hydrogen (secondary N) is 2. The van der Waals surface area contributed by atoms with Gasteiger partial charge < -0.3 is 29.8 Å². The van der Waals surface area contributed by atoms with Gasteiger partial charge in [-0.2, -0.15) is 13.9 Å².